The molecule has 2 rings (SSSR count). The minimum absolute atomic E-state index is 0.0783. The van der Waals surface area contributed by atoms with E-state index in [9.17, 15) is 0 Å². The fourth-order valence-electron chi connectivity index (χ4n) is 1.97. The number of hydrogen-bond acceptors (Lipinski definition) is 3. The molecule has 1 aromatic rings. The van der Waals surface area contributed by atoms with Crippen LogP contribution in [0.2, 0.25) is 0 Å². The van der Waals surface area contributed by atoms with Crippen LogP contribution in [0.1, 0.15) is 24.8 Å². The van der Waals surface area contributed by atoms with Gasteiger partial charge < -0.3 is 15.2 Å². The number of benzene rings is 1. The molecular weight excluding hydrogens is 202 g/mol. The van der Waals surface area contributed by atoms with Gasteiger partial charge in [-0.3, -0.25) is 0 Å². The van der Waals surface area contributed by atoms with E-state index in [1.807, 2.05) is 12.1 Å². The van der Waals surface area contributed by atoms with Crippen molar-refractivity contribution in [3.8, 4) is 5.75 Å². The third-order valence-electron chi connectivity index (χ3n) is 3.23. The molecule has 0 heterocycles. The third-order valence-corrected chi connectivity index (χ3v) is 3.23. The summed E-state index contributed by atoms with van der Waals surface area (Å²) >= 11 is 0. The van der Waals surface area contributed by atoms with Crippen LogP contribution < -0.4 is 10.5 Å². The molecule has 0 spiro atoms. The maximum atomic E-state index is 6.24. The molecule has 1 saturated carbocycles. The highest BCUT2D eigenvalue weighted by atomic mass is 16.5. The van der Waals surface area contributed by atoms with Gasteiger partial charge in [-0.15, -0.1) is 0 Å². The van der Waals surface area contributed by atoms with Crippen LogP contribution in [0.25, 0.3) is 0 Å². The average Bonchev–Trinajstić information content (AvgIpc) is 2.27. The third kappa shape index (κ3) is 2.36. The molecule has 0 saturated heterocycles. The van der Waals surface area contributed by atoms with E-state index in [0.717, 1.165) is 18.6 Å². The maximum absolute atomic E-state index is 6.24. The summed E-state index contributed by atoms with van der Waals surface area (Å²) in [7, 11) is 1.67. The van der Waals surface area contributed by atoms with Gasteiger partial charge in [0.1, 0.15) is 12.4 Å². The van der Waals surface area contributed by atoms with E-state index in [-0.39, 0.29) is 5.54 Å². The number of nitrogens with two attached hydrogens (primary N) is 1. The SMILES string of the molecule is COCCOc1ccc(C2(N)CCC2)cc1. The van der Waals surface area contributed by atoms with E-state index in [1.165, 1.54) is 12.0 Å². The lowest BCUT2D eigenvalue weighted by Crippen LogP contribution is -2.43. The van der Waals surface area contributed by atoms with Crippen molar-refractivity contribution in [1.82, 2.24) is 0 Å². The molecule has 1 aliphatic rings. The minimum atomic E-state index is -0.0783. The fourth-order valence-corrected chi connectivity index (χ4v) is 1.97. The van der Waals surface area contributed by atoms with Gasteiger partial charge in [0.05, 0.1) is 6.61 Å². The summed E-state index contributed by atoms with van der Waals surface area (Å²) in [4.78, 5) is 0. The van der Waals surface area contributed by atoms with Crippen molar-refractivity contribution in [2.45, 2.75) is 24.8 Å². The summed E-state index contributed by atoms with van der Waals surface area (Å²) in [5, 5.41) is 0. The van der Waals surface area contributed by atoms with Crippen LogP contribution in [0.5, 0.6) is 5.75 Å². The summed E-state index contributed by atoms with van der Waals surface area (Å²) in [5.74, 6) is 0.878. The smallest absolute Gasteiger partial charge is 0.119 e. The highest BCUT2D eigenvalue weighted by Crippen LogP contribution is 2.38. The minimum Gasteiger partial charge on any atom is -0.491 e. The van der Waals surface area contributed by atoms with Gasteiger partial charge in [-0.05, 0) is 37.0 Å². The Morgan fingerprint density at radius 1 is 1.19 bits per heavy atom. The van der Waals surface area contributed by atoms with Gasteiger partial charge in [-0.1, -0.05) is 12.1 Å². The van der Waals surface area contributed by atoms with Gasteiger partial charge >= 0.3 is 0 Å². The predicted octanol–water partition coefficient (Wildman–Crippen LogP) is 2.05. The lowest BCUT2D eigenvalue weighted by atomic mass is 9.73. The standard InChI is InChI=1S/C13H19NO2/c1-15-9-10-16-12-5-3-11(4-6-12)13(14)7-2-8-13/h3-6H,2,7-10,14H2,1H3. The van der Waals surface area contributed by atoms with Crippen molar-refractivity contribution in [2.75, 3.05) is 20.3 Å². The molecule has 0 aromatic heterocycles. The Labute approximate surface area is 96.5 Å². The van der Waals surface area contributed by atoms with Gasteiger partial charge in [0.15, 0.2) is 0 Å². The molecule has 2 N–H and O–H groups in total. The second-order valence-corrected chi connectivity index (χ2v) is 4.38. The highest BCUT2D eigenvalue weighted by Gasteiger charge is 2.33. The zero-order valence-electron chi connectivity index (χ0n) is 9.74. The molecular formula is C13H19NO2. The molecule has 1 aromatic carbocycles. The topological polar surface area (TPSA) is 44.5 Å². The first-order valence-electron chi connectivity index (χ1n) is 5.76. The lowest BCUT2D eigenvalue weighted by Gasteiger charge is -2.38. The molecule has 16 heavy (non-hydrogen) atoms. The molecule has 0 bridgehead atoms. The van der Waals surface area contributed by atoms with E-state index >= 15 is 0 Å². The molecule has 3 heteroatoms. The summed E-state index contributed by atoms with van der Waals surface area (Å²) in [6.45, 7) is 1.20. The monoisotopic (exact) mass is 221 g/mol. The van der Waals surface area contributed by atoms with Crippen molar-refractivity contribution in [2.24, 2.45) is 5.73 Å². The second-order valence-electron chi connectivity index (χ2n) is 4.38. The Morgan fingerprint density at radius 3 is 2.38 bits per heavy atom. The van der Waals surface area contributed by atoms with Crippen molar-refractivity contribution < 1.29 is 9.47 Å². The Hall–Kier alpha value is -1.06. The summed E-state index contributed by atoms with van der Waals surface area (Å²) in [5.41, 5.74) is 7.38. The quantitative estimate of drug-likeness (QED) is 0.774. The van der Waals surface area contributed by atoms with Gasteiger partial charge in [-0.2, -0.15) is 0 Å². The van der Waals surface area contributed by atoms with Crippen molar-refractivity contribution >= 4 is 0 Å². The molecule has 0 unspecified atom stereocenters. The van der Waals surface area contributed by atoms with Crippen molar-refractivity contribution in [3.05, 3.63) is 29.8 Å². The van der Waals surface area contributed by atoms with Crippen LogP contribution in [0.15, 0.2) is 24.3 Å². The molecule has 3 nitrogen and oxygen atoms in total. The molecule has 0 amide bonds. The van der Waals surface area contributed by atoms with Crippen LogP contribution >= 0.6 is 0 Å². The number of hydrogen-bond donors (Lipinski definition) is 1. The van der Waals surface area contributed by atoms with Gasteiger partial charge in [0.25, 0.3) is 0 Å². The second kappa shape index (κ2) is 4.85. The maximum Gasteiger partial charge on any atom is 0.119 e. The lowest BCUT2D eigenvalue weighted by molar-refractivity contribution is 0.146. The first kappa shape index (κ1) is 11.4. The largest absolute Gasteiger partial charge is 0.491 e. The Kier molecular flexibility index (Phi) is 3.46. The zero-order valence-corrected chi connectivity index (χ0v) is 9.74. The first-order valence-corrected chi connectivity index (χ1v) is 5.76. The Balaban J connectivity index is 1.94. The predicted molar refractivity (Wildman–Crippen MR) is 63.5 cm³/mol. The van der Waals surface area contributed by atoms with Gasteiger partial charge in [-0.25, -0.2) is 0 Å². The first-order chi connectivity index (χ1) is 7.74. The summed E-state index contributed by atoms with van der Waals surface area (Å²) < 4.78 is 10.4. The molecule has 1 fully saturated rings. The normalized spacial score (nSPS) is 17.9. The number of rotatable bonds is 5. The van der Waals surface area contributed by atoms with Crippen LogP contribution in [0, 0.1) is 0 Å². The van der Waals surface area contributed by atoms with E-state index in [4.69, 9.17) is 15.2 Å². The van der Waals surface area contributed by atoms with E-state index < -0.39 is 0 Å². The Bertz CT molecular complexity index is 330. The summed E-state index contributed by atoms with van der Waals surface area (Å²) in [6.07, 6.45) is 3.43. The van der Waals surface area contributed by atoms with Crippen LogP contribution in [0.3, 0.4) is 0 Å². The number of methoxy groups -OCH3 is 1. The Morgan fingerprint density at radius 2 is 1.88 bits per heavy atom. The van der Waals surface area contributed by atoms with Crippen LogP contribution in [-0.4, -0.2) is 20.3 Å². The summed E-state index contributed by atoms with van der Waals surface area (Å²) in [6, 6.07) is 8.11. The van der Waals surface area contributed by atoms with E-state index in [1.54, 1.807) is 7.11 Å². The molecule has 1 aliphatic carbocycles. The van der Waals surface area contributed by atoms with Crippen molar-refractivity contribution in [3.63, 3.8) is 0 Å². The van der Waals surface area contributed by atoms with E-state index in [0.29, 0.717) is 13.2 Å². The number of ether oxygens (including phenoxy) is 2. The zero-order chi connectivity index (χ0) is 11.4. The van der Waals surface area contributed by atoms with Crippen LogP contribution in [-0.2, 0) is 10.3 Å². The van der Waals surface area contributed by atoms with Gasteiger partial charge in [0, 0.05) is 12.6 Å². The van der Waals surface area contributed by atoms with Gasteiger partial charge in [0.2, 0.25) is 0 Å². The van der Waals surface area contributed by atoms with E-state index in [2.05, 4.69) is 12.1 Å². The molecule has 0 radical (unpaired) electrons. The molecule has 0 aliphatic heterocycles. The highest BCUT2D eigenvalue weighted by molar-refractivity contribution is 5.33. The van der Waals surface area contributed by atoms with Crippen LogP contribution in [0.4, 0.5) is 0 Å². The van der Waals surface area contributed by atoms with Crippen molar-refractivity contribution in [1.29, 1.82) is 0 Å². The molecule has 88 valence electrons. The average molecular weight is 221 g/mol. The molecule has 0 atom stereocenters. The fraction of sp³-hybridized carbons (Fsp3) is 0.538.